The van der Waals surface area contributed by atoms with Crippen molar-refractivity contribution < 1.29 is 9.90 Å². The SMILES string of the molecule is C=CCN(CC(=O)O)Cc1ncccn1. The van der Waals surface area contributed by atoms with Gasteiger partial charge in [0, 0.05) is 18.9 Å². The van der Waals surface area contributed by atoms with Crippen LogP contribution in [0.4, 0.5) is 0 Å². The highest BCUT2D eigenvalue weighted by molar-refractivity contribution is 5.69. The highest BCUT2D eigenvalue weighted by Crippen LogP contribution is 1.97. The van der Waals surface area contributed by atoms with E-state index >= 15 is 0 Å². The molecule has 1 heterocycles. The summed E-state index contributed by atoms with van der Waals surface area (Å²) in [7, 11) is 0. The molecule has 0 atom stereocenters. The molecule has 0 aliphatic carbocycles. The van der Waals surface area contributed by atoms with Gasteiger partial charge < -0.3 is 5.11 Å². The van der Waals surface area contributed by atoms with Gasteiger partial charge in [-0.15, -0.1) is 6.58 Å². The predicted octanol–water partition coefficient (Wildman–Crippen LogP) is 0.549. The summed E-state index contributed by atoms with van der Waals surface area (Å²) in [4.78, 5) is 20.3. The summed E-state index contributed by atoms with van der Waals surface area (Å²) >= 11 is 0. The van der Waals surface area contributed by atoms with Crippen LogP contribution >= 0.6 is 0 Å². The molecule has 1 rings (SSSR count). The van der Waals surface area contributed by atoms with Crippen LogP contribution in [0.3, 0.4) is 0 Å². The molecule has 0 aliphatic heterocycles. The van der Waals surface area contributed by atoms with Crippen molar-refractivity contribution in [1.82, 2.24) is 14.9 Å². The zero-order valence-corrected chi connectivity index (χ0v) is 8.33. The van der Waals surface area contributed by atoms with Gasteiger partial charge in [0.2, 0.25) is 0 Å². The van der Waals surface area contributed by atoms with E-state index < -0.39 is 5.97 Å². The maximum Gasteiger partial charge on any atom is 0.317 e. The van der Waals surface area contributed by atoms with Gasteiger partial charge in [0.05, 0.1) is 13.1 Å². The van der Waals surface area contributed by atoms with Gasteiger partial charge in [-0.05, 0) is 6.07 Å². The van der Waals surface area contributed by atoms with E-state index in [1.165, 1.54) is 0 Å². The molecule has 15 heavy (non-hydrogen) atoms. The van der Waals surface area contributed by atoms with Gasteiger partial charge in [-0.3, -0.25) is 9.69 Å². The minimum Gasteiger partial charge on any atom is -0.480 e. The van der Waals surface area contributed by atoms with Gasteiger partial charge in [0.1, 0.15) is 5.82 Å². The van der Waals surface area contributed by atoms with Crippen molar-refractivity contribution in [3.05, 3.63) is 36.9 Å². The summed E-state index contributed by atoms with van der Waals surface area (Å²) in [5, 5.41) is 8.67. The highest BCUT2D eigenvalue weighted by atomic mass is 16.4. The Morgan fingerprint density at radius 2 is 2.20 bits per heavy atom. The third kappa shape index (κ3) is 4.33. The Bertz CT molecular complexity index is 327. The number of hydrogen-bond donors (Lipinski definition) is 1. The molecule has 0 aliphatic rings. The van der Waals surface area contributed by atoms with Crippen molar-refractivity contribution in [2.75, 3.05) is 13.1 Å². The van der Waals surface area contributed by atoms with Crippen LogP contribution in [0.2, 0.25) is 0 Å². The highest BCUT2D eigenvalue weighted by Gasteiger charge is 2.09. The predicted molar refractivity (Wildman–Crippen MR) is 55.1 cm³/mol. The smallest absolute Gasteiger partial charge is 0.317 e. The van der Waals surface area contributed by atoms with E-state index in [9.17, 15) is 4.79 Å². The molecule has 0 saturated heterocycles. The molecule has 1 aromatic heterocycles. The molecule has 5 heteroatoms. The average molecular weight is 207 g/mol. The quantitative estimate of drug-likeness (QED) is 0.690. The third-order valence-corrected chi connectivity index (χ3v) is 1.73. The first-order chi connectivity index (χ1) is 7.22. The lowest BCUT2D eigenvalue weighted by Gasteiger charge is -2.16. The van der Waals surface area contributed by atoms with Crippen molar-refractivity contribution in [3.8, 4) is 0 Å². The average Bonchev–Trinajstić information content (AvgIpc) is 2.18. The number of carboxylic acids is 1. The summed E-state index contributed by atoms with van der Waals surface area (Å²) in [6.07, 6.45) is 4.93. The second kappa shape index (κ2) is 5.87. The van der Waals surface area contributed by atoms with Crippen molar-refractivity contribution in [2.24, 2.45) is 0 Å². The molecule has 0 fully saturated rings. The summed E-state index contributed by atoms with van der Waals surface area (Å²) in [5.41, 5.74) is 0. The van der Waals surface area contributed by atoms with E-state index in [-0.39, 0.29) is 6.54 Å². The van der Waals surface area contributed by atoms with Crippen molar-refractivity contribution in [2.45, 2.75) is 6.54 Å². The second-order valence-corrected chi connectivity index (χ2v) is 3.02. The van der Waals surface area contributed by atoms with Gasteiger partial charge in [-0.25, -0.2) is 9.97 Å². The number of nitrogens with zero attached hydrogens (tertiary/aromatic N) is 3. The summed E-state index contributed by atoms with van der Waals surface area (Å²) in [6, 6.07) is 1.72. The second-order valence-electron chi connectivity index (χ2n) is 3.02. The van der Waals surface area contributed by atoms with Gasteiger partial charge >= 0.3 is 5.97 Å². The van der Waals surface area contributed by atoms with Crippen LogP contribution in [-0.4, -0.2) is 39.0 Å². The van der Waals surface area contributed by atoms with E-state index in [2.05, 4.69) is 16.5 Å². The minimum atomic E-state index is -0.868. The molecule has 0 saturated carbocycles. The Labute approximate surface area is 88.1 Å². The van der Waals surface area contributed by atoms with Crippen LogP contribution in [0, 0.1) is 0 Å². The first kappa shape index (κ1) is 11.3. The molecular formula is C10H13N3O2. The fraction of sp³-hybridized carbons (Fsp3) is 0.300. The van der Waals surface area contributed by atoms with Gasteiger partial charge in [0.15, 0.2) is 0 Å². The lowest BCUT2D eigenvalue weighted by Crippen LogP contribution is -2.30. The zero-order chi connectivity index (χ0) is 11.1. The Hall–Kier alpha value is -1.75. The van der Waals surface area contributed by atoms with E-state index in [0.29, 0.717) is 18.9 Å². The number of rotatable bonds is 6. The van der Waals surface area contributed by atoms with Crippen LogP contribution in [0.25, 0.3) is 0 Å². The first-order valence-electron chi connectivity index (χ1n) is 4.53. The number of aliphatic carboxylic acids is 1. The summed E-state index contributed by atoms with van der Waals surface area (Å²) < 4.78 is 0. The Morgan fingerprint density at radius 1 is 1.53 bits per heavy atom. The molecule has 1 N–H and O–H groups in total. The zero-order valence-electron chi connectivity index (χ0n) is 8.33. The first-order valence-corrected chi connectivity index (χ1v) is 4.53. The molecule has 80 valence electrons. The van der Waals surface area contributed by atoms with Crippen LogP contribution in [0.1, 0.15) is 5.82 Å². The van der Waals surface area contributed by atoms with E-state index in [1.54, 1.807) is 29.4 Å². The van der Waals surface area contributed by atoms with Crippen LogP contribution in [-0.2, 0) is 11.3 Å². The van der Waals surface area contributed by atoms with Gasteiger partial charge in [-0.2, -0.15) is 0 Å². The third-order valence-electron chi connectivity index (χ3n) is 1.73. The molecule has 1 aromatic rings. The number of carbonyl (C=O) groups is 1. The van der Waals surface area contributed by atoms with Gasteiger partial charge in [0.25, 0.3) is 0 Å². The van der Waals surface area contributed by atoms with Gasteiger partial charge in [-0.1, -0.05) is 6.08 Å². The summed E-state index contributed by atoms with van der Waals surface area (Å²) in [5.74, 6) is -0.256. The van der Waals surface area contributed by atoms with Crippen molar-refractivity contribution >= 4 is 5.97 Å². The Morgan fingerprint density at radius 3 is 2.73 bits per heavy atom. The fourth-order valence-electron chi connectivity index (χ4n) is 1.17. The van der Waals surface area contributed by atoms with E-state index in [1.807, 2.05) is 0 Å². The molecule has 0 bridgehead atoms. The van der Waals surface area contributed by atoms with Crippen LogP contribution in [0.5, 0.6) is 0 Å². The van der Waals surface area contributed by atoms with Crippen molar-refractivity contribution in [3.63, 3.8) is 0 Å². The molecule has 5 nitrogen and oxygen atoms in total. The maximum atomic E-state index is 10.6. The Kier molecular flexibility index (Phi) is 4.43. The fourth-order valence-corrected chi connectivity index (χ4v) is 1.17. The van der Waals surface area contributed by atoms with Crippen molar-refractivity contribution in [1.29, 1.82) is 0 Å². The maximum absolute atomic E-state index is 10.6. The van der Waals surface area contributed by atoms with Crippen LogP contribution < -0.4 is 0 Å². The lowest BCUT2D eigenvalue weighted by atomic mass is 10.4. The molecular weight excluding hydrogens is 194 g/mol. The largest absolute Gasteiger partial charge is 0.480 e. The topological polar surface area (TPSA) is 66.3 Å². The molecule has 0 amide bonds. The monoisotopic (exact) mass is 207 g/mol. The normalized spacial score (nSPS) is 10.2. The molecule has 0 aromatic carbocycles. The minimum absolute atomic E-state index is 0.0374. The molecule has 0 spiro atoms. The molecule has 0 unspecified atom stereocenters. The summed E-state index contributed by atoms with van der Waals surface area (Å²) in [6.45, 7) is 4.46. The van der Waals surface area contributed by atoms with E-state index in [4.69, 9.17) is 5.11 Å². The molecule has 0 radical (unpaired) electrons. The number of aromatic nitrogens is 2. The van der Waals surface area contributed by atoms with E-state index in [0.717, 1.165) is 0 Å². The van der Waals surface area contributed by atoms with Crippen LogP contribution in [0.15, 0.2) is 31.1 Å². The standard InChI is InChI=1S/C10H13N3O2/c1-2-6-13(8-10(14)15)7-9-11-4-3-5-12-9/h2-5H,1,6-8H2,(H,14,15). The Balaban J connectivity index is 2.58. The lowest BCUT2D eigenvalue weighted by molar-refractivity contribution is -0.138. The number of hydrogen-bond acceptors (Lipinski definition) is 4. The number of carboxylic acid groups (broad SMARTS) is 1.